The molecule has 9 heteroatoms. The van der Waals surface area contributed by atoms with Crippen molar-refractivity contribution in [1.82, 2.24) is 15.2 Å². The van der Waals surface area contributed by atoms with Gasteiger partial charge < -0.3 is 14.5 Å². The molecule has 0 aliphatic rings. The molecule has 0 radical (unpaired) electrons. The summed E-state index contributed by atoms with van der Waals surface area (Å²) in [7, 11) is 0. The highest BCUT2D eigenvalue weighted by molar-refractivity contribution is 5.94. The summed E-state index contributed by atoms with van der Waals surface area (Å²) >= 11 is 0. The quantitative estimate of drug-likeness (QED) is 0.408. The third-order valence-electron chi connectivity index (χ3n) is 3.82. The maximum Gasteiger partial charge on any atom is 0.390 e. The first-order valence-electron chi connectivity index (χ1n) is 8.10. The molecule has 1 aromatic carbocycles. The van der Waals surface area contributed by atoms with E-state index in [9.17, 15) is 14.9 Å². The molecular weight excluding hydrogens is 350 g/mol. The van der Waals surface area contributed by atoms with Crippen LogP contribution >= 0.6 is 0 Å². The van der Waals surface area contributed by atoms with Crippen molar-refractivity contribution < 1.29 is 14.1 Å². The van der Waals surface area contributed by atoms with Crippen molar-refractivity contribution >= 4 is 17.9 Å². The molecule has 9 nitrogen and oxygen atoms in total. The van der Waals surface area contributed by atoms with Gasteiger partial charge in [0.15, 0.2) is 0 Å². The second-order valence-corrected chi connectivity index (χ2v) is 5.90. The van der Waals surface area contributed by atoms with E-state index >= 15 is 0 Å². The lowest BCUT2D eigenvalue weighted by Crippen LogP contribution is -2.17. The van der Waals surface area contributed by atoms with Crippen molar-refractivity contribution in [3.05, 3.63) is 80.9 Å². The van der Waals surface area contributed by atoms with Crippen LogP contribution in [0.2, 0.25) is 0 Å². The Morgan fingerprint density at radius 2 is 2.04 bits per heavy atom. The first-order chi connectivity index (χ1) is 12.9. The zero-order chi connectivity index (χ0) is 19.4. The van der Waals surface area contributed by atoms with Gasteiger partial charge in [-0.05, 0) is 48.6 Å². The van der Waals surface area contributed by atoms with Crippen molar-refractivity contribution in [2.24, 2.45) is 5.10 Å². The normalized spacial score (nSPS) is 11.0. The summed E-state index contributed by atoms with van der Waals surface area (Å²) < 4.78 is 6.86. The van der Waals surface area contributed by atoms with E-state index in [1.54, 1.807) is 48.0 Å². The Kier molecular flexibility index (Phi) is 5.11. The molecule has 3 rings (SSSR count). The van der Waals surface area contributed by atoms with Gasteiger partial charge in [-0.15, -0.1) is 0 Å². The maximum absolute atomic E-state index is 12.1. The van der Waals surface area contributed by atoms with E-state index in [1.807, 2.05) is 6.92 Å². The molecule has 0 spiro atoms. The van der Waals surface area contributed by atoms with Gasteiger partial charge in [0.05, 0.1) is 29.6 Å². The highest BCUT2D eigenvalue weighted by Crippen LogP contribution is 2.13. The number of nitro groups is 1. The molecule has 1 amide bonds. The first kappa shape index (κ1) is 18.1. The number of carbonyl (C=O) groups excluding carboxylic acids is 1. The molecule has 0 aliphatic heterocycles. The van der Waals surface area contributed by atoms with Gasteiger partial charge in [0.1, 0.15) is 11.5 Å². The Bertz CT molecular complexity index is 1000. The van der Waals surface area contributed by atoms with Crippen molar-refractivity contribution in [2.45, 2.75) is 20.4 Å². The average Bonchev–Trinajstić information content (AvgIpc) is 3.21. The van der Waals surface area contributed by atoms with Gasteiger partial charge in [0, 0.05) is 5.56 Å². The minimum absolute atomic E-state index is 0.187. The molecule has 0 atom stereocenters. The van der Waals surface area contributed by atoms with Gasteiger partial charge in [-0.3, -0.25) is 4.79 Å². The van der Waals surface area contributed by atoms with E-state index in [2.05, 4.69) is 15.6 Å². The number of carbonyl (C=O) groups is 1. The summed E-state index contributed by atoms with van der Waals surface area (Å²) in [5.74, 6) is 0.767. The van der Waals surface area contributed by atoms with Crippen molar-refractivity contribution in [3.8, 4) is 0 Å². The lowest BCUT2D eigenvalue weighted by molar-refractivity contribution is -0.389. The van der Waals surface area contributed by atoms with Crippen LogP contribution in [0, 0.1) is 24.0 Å². The number of hydrazone groups is 1. The largest absolute Gasteiger partial charge is 0.460 e. The fraction of sp³-hybridized carbons (Fsp3) is 0.167. The van der Waals surface area contributed by atoms with Gasteiger partial charge in [-0.25, -0.2) is 5.43 Å². The minimum atomic E-state index is -0.526. The molecule has 27 heavy (non-hydrogen) atoms. The van der Waals surface area contributed by atoms with Crippen LogP contribution in [0.25, 0.3) is 0 Å². The van der Waals surface area contributed by atoms with Crippen LogP contribution in [0.15, 0.2) is 52.0 Å². The Balaban J connectivity index is 1.62. The Labute approximate surface area is 154 Å². The third-order valence-corrected chi connectivity index (χ3v) is 3.82. The highest BCUT2D eigenvalue weighted by Gasteiger charge is 2.15. The van der Waals surface area contributed by atoms with E-state index in [4.69, 9.17) is 4.42 Å². The SMILES string of the molecule is Cc1ccc(/C=N\NC(=O)c2ccc(Cn3nc([N+](=O)[O-])cc3C)cc2)o1. The van der Waals surface area contributed by atoms with E-state index in [0.717, 1.165) is 11.3 Å². The number of rotatable bonds is 6. The number of hydrogen-bond donors (Lipinski definition) is 1. The number of hydrogen-bond acceptors (Lipinski definition) is 6. The van der Waals surface area contributed by atoms with E-state index in [-0.39, 0.29) is 11.7 Å². The zero-order valence-electron chi connectivity index (χ0n) is 14.7. The number of nitrogens with zero attached hydrogens (tertiary/aromatic N) is 4. The van der Waals surface area contributed by atoms with Crippen molar-refractivity contribution in [2.75, 3.05) is 0 Å². The standard InChI is InChI=1S/C18H17N5O4/c1-12-9-17(23(25)26)21-22(12)11-14-4-6-15(7-5-14)18(24)20-19-10-16-8-3-13(2)27-16/h3-10H,11H2,1-2H3,(H,20,24)/b19-10-. The monoisotopic (exact) mass is 367 g/mol. The van der Waals surface area contributed by atoms with Crippen LogP contribution in [0.1, 0.15) is 33.1 Å². The smallest absolute Gasteiger partial charge is 0.390 e. The summed E-state index contributed by atoms with van der Waals surface area (Å²) in [6.45, 7) is 3.94. The topological polar surface area (TPSA) is 116 Å². The van der Waals surface area contributed by atoms with Gasteiger partial charge in [0.25, 0.3) is 5.91 Å². The van der Waals surface area contributed by atoms with E-state index < -0.39 is 4.92 Å². The molecule has 0 saturated carbocycles. The van der Waals surface area contributed by atoms with Gasteiger partial charge in [-0.2, -0.15) is 9.78 Å². The molecular formula is C18H17N5O4. The molecule has 0 bridgehead atoms. The Morgan fingerprint density at radius 3 is 2.63 bits per heavy atom. The number of furan rings is 1. The maximum atomic E-state index is 12.1. The first-order valence-corrected chi connectivity index (χ1v) is 8.10. The van der Waals surface area contributed by atoms with Gasteiger partial charge in [0.2, 0.25) is 0 Å². The fourth-order valence-electron chi connectivity index (χ4n) is 2.42. The van der Waals surface area contributed by atoms with Gasteiger partial charge >= 0.3 is 5.82 Å². The number of aromatic nitrogens is 2. The number of amides is 1. The second-order valence-electron chi connectivity index (χ2n) is 5.90. The number of benzene rings is 1. The van der Waals surface area contributed by atoms with Crippen LogP contribution in [0.4, 0.5) is 5.82 Å². The second kappa shape index (κ2) is 7.65. The number of aryl methyl sites for hydroxylation is 2. The van der Waals surface area contributed by atoms with Crippen LogP contribution < -0.4 is 5.43 Å². The molecule has 138 valence electrons. The molecule has 0 unspecified atom stereocenters. The van der Waals surface area contributed by atoms with E-state index in [1.165, 1.54) is 12.3 Å². The Hall–Kier alpha value is -3.75. The highest BCUT2D eigenvalue weighted by atomic mass is 16.6. The van der Waals surface area contributed by atoms with Crippen molar-refractivity contribution in [1.29, 1.82) is 0 Å². The molecule has 2 heterocycles. The average molecular weight is 367 g/mol. The van der Waals surface area contributed by atoms with Crippen LogP contribution in [-0.4, -0.2) is 26.8 Å². The minimum Gasteiger partial charge on any atom is -0.460 e. The van der Waals surface area contributed by atoms with E-state index in [0.29, 0.717) is 23.6 Å². The third kappa shape index (κ3) is 4.46. The summed E-state index contributed by atoms with van der Waals surface area (Å²) in [4.78, 5) is 22.4. The molecule has 2 aromatic heterocycles. The van der Waals surface area contributed by atoms with Crippen LogP contribution in [0.5, 0.6) is 0 Å². The summed E-state index contributed by atoms with van der Waals surface area (Å²) in [5, 5.41) is 18.6. The lowest BCUT2D eigenvalue weighted by Gasteiger charge is -2.03. The lowest BCUT2D eigenvalue weighted by atomic mass is 10.1. The Morgan fingerprint density at radius 1 is 1.30 bits per heavy atom. The molecule has 0 saturated heterocycles. The predicted octanol–water partition coefficient (Wildman–Crippen LogP) is 2.81. The predicted molar refractivity (Wildman–Crippen MR) is 97.7 cm³/mol. The molecule has 1 N–H and O–H groups in total. The summed E-state index contributed by atoms with van der Waals surface area (Å²) in [5.41, 5.74) is 4.42. The summed E-state index contributed by atoms with van der Waals surface area (Å²) in [6.07, 6.45) is 1.42. The molecule has 0 aliphatic carbocycles. The van der Waals surface area contributed by atoms with Crippen molar-refractivity contribution in [3.63, 3.8) is 0 Å². The van der Waals surface area contributed by atoms with Gasteiger partial charge in [-0.1, -0.05) is 12.1 Å². The fourth-order valence-corrected chi connectivity index (χ4v) is 2.42. The van der Waals surface area contributed by atoms with Crippen LogP contribution in [-0.2, 0) is 6.54 Å². The molecule has 3 aromatic rings. The number of nitrogens with one attached hydrogen (secondary N) is 1. The zero-order valence-corrected chi connectivity index (χ0v) is 14.7. The molecule has 0 fully saturated rings. The summed E-state index contributed by atoms with van der Waals surface area (Å²) in [6, 6.07) is 11.8. The van der Waals surface area contributed by atoms with Crippen LogP contribution in [0.3, 0.4) is 0 Å².